The molecule has 0 N–H and O–H groups in total. The summed E-state index contributed by atoms with van der Waals surface area (Å²) in [5.41, 5.74) is 37.8. The van der Waals surface area contributed by atoms with Gasteiger partial charge in [-0.1, -0.05) is 322 Å². The maximum atomic E-state index is 6.52. The average molecular weight is 2020 g/mol. The Morgan fingerprint density at radius 2 is 0.542 bits per heavy atom. The topological polar surface area (TPSA) is 26.3 Å². The molecule has 5 aliphatic rings. The summed E-state index contributed by atoms with van der Waals surface area (Å²) in [6.45, 7) is 15.5. The third-order valence-electron chi connectivity index (χ3n) is 30.0. The third kappa shape index (κ3) is 20.0. The summed E-state index contributed by atoms with van der Waals surface area (Å²) in [7, 11) is 0. The molecule has 718 valence electrons. The molecule has 0 unspecified atom stereocenters. The number of furan rings is 2. The first-order chi connectivity index (χ1) is 70.8. The highest BCUT2D eigenvalue weighted by Gasteiger charge is 2.32. The summed E-state index contributed by atoms with van der Waals surface area (Å²) in [5, 5.41) is 6.83. The van der Waals surface area contributed by atoms with Crippen molar-refractivity contribution >= 4 is 143 Å². The summed E-state index contributed by atoms with van der Waals surface area (Å²) in [5.74, 6) is 2.13. The van der Waals surface area contributed by atoms with Gasteiger partial charge in [-0.3, -0.25) is 0 Å². The summed E-state index contributed by atoms with van der Waals surface area (Å²) >= 11 is 15.6. The lowest BCUT2D eigenvalue weighted by Gasteiger charge is -2.06. The quantitative estimate of drug-likeness (QED) is 0.0480. The summed E-state index contributed by atoms with van der Waals surface area (Å²) in [6, 6.07) is 115. The number of rotatable bonds is 27. The molecule has 10 aromatic heterocycles. The smallest absolute Gasteiger partial charge is 0.139 e. The van der Waals surface area contributed by atoms with E-state index in [0.29, 0.717) is 0 Å². The second-order valence-corrected chi connectivity index (χ2v) is 49.3. The fraction of sp³-hybridized carbons (Fsp3) is 0.239. The molecule has 0 aliphatic heterocycles. The Labute approximate surface area is 881 Å². The molecule has 0 fully saturated rings. The van der Waals surface area contributed by atoms with Crippen LogP contribution in [0.5, 0.6) is 0 Å². The van der Waals surface area contributed by atoms with E-state index in [-0.39, 0.29) is 0 Å². The molecule has 22 aromatic rings. The number of hydrogen-bond donors (Lipinski definition) is 0. The molecular weight excluding hydrogens is 1900 g/mol. The van der Waals surface area contributed by atoms with E-state index < -0.39 is 0 Å². The first kappa shape index (κ1) is 95.6. The number of aryl methyl sites for hydroxylation is 7. The highest BCUT2D eigenvalue weighted by atomic mass is 32.1. The van der Waals surface area contributed by atoms with E-state index in [9.17, 15) is 0 Å². The second kappa shape index (κ2) is 43.0. The zero-order chi connectivity index (χ0) is 97.3. The molecule has 0 radical (unpaired) electrons. The van der Waals surface area contributed by atoms with Crippen LogP contribution in [-0.2, 0) is 57.8 Å². The molecule has 144 heavy (non-hydrogen) atoms. The van der Waals surface area contributed by atoms with Crippen molar-refractivity contribution in [3.05, 3.63) is 401 Å². The van der Waals surface area contributed by atoms with Crippen LogP contribution in [0.15, 0.2) is 318 Å². The Balaban J connectivity index is 0.000000102. The lowest BCUT2D eigenvalue weighted by molar-refractivity contribution is 0.631. The zero-order valence-electron chi connectivity index (χ0n) is 83.7. The number of benzene rings is 12. The minimum absolute atomic E-state index is 0.959. The van der Waals surface area contributed by atoms with Gasteiger partial charge in [0.15, 0.2) is 0 Å². The van der Waals surface area contributed by atoms with Crippen LogP contribution in [0.4, 0.5) is 0 Å². The molecule has 2 nitrogen and oxygen atoms in total. The summed E-state index contributed by atoms with van der Waals surface area (Å²) in [6.07, 6.45) is 31.2. The zero-order valence-corrected chi connectivity index (χ0v) is 90.2. The Morgan fingerprint density at radius 3 is 1.01 bits per heavy atom. The van der Waals surface area contributed by atoms with Crippen molar-refractivity contribution in [3.8, 4) is 128 Å². The predicted molar refractivity (Wildman–Crippen MR) is 632 cm³/mol. The van der Waals surface area contributed by atoms with Crippen LogP contribution in [0.2, 0.25) is 0 Å². The first-order valence-electron chi connectivity index (χ1n) is 52.7. The second-order valence-electron chi connectivity index (χ2n) is 40.2. The minimum atomic E-state index is 0.959. The SMILES string of the molecule is CCCCCCc1ccc(-c2ccc3c(c2)Cc2c-3oc3cc(-c4ccc(CCCCCC)s4)ccc23)s1.CCCCCCc1ccc(-c2ccc3c(c2)Cc2c-3sc3cc(-c4ccc(CCCCCC)s4)ccc23)s1.Cc1ccc(-c2ccc3c(c2)Cc2c-3oc3ccccc23)cc1.Cc1ccc(-c2ccc3c(c2)Cc2c-3sc3ccccc23)cc1.Cc1ccc(-c2ccc3c4c(sc3c2)-c2ccccc2C4)s1. The fourth-order valence-electron chi connectivity index (χ4n) is 22.1. The standard InChI is InChI=1S/C35H38OS2.C35H38S3.C22H16O.C22H16S.C20H14S2/c1-3-5-7-9-11-27-15-19-33(37-27)24-13-17-29-26(21-24)22-31-30-18-14-25(23-32(30)36-35(29)31)34-20-16-28(38-34)12-10-8-6-4-2;1-3-5-7-9-11-27-15-19-32(36-27)24-13-17-29-26(21-24)22-31-30-18-14-25(23-34(30)38-35(29)31)33-20-16-28(37-33)12-10-8-6-4-2;2*1-14-6-8-15(9-7-14)16-10-11-18-17(12-16)13-20-19-4-2-3-5-21(19)23-22(18)20;1-12-6-9-18(21-12)14-7-8-16-17-10-13-4-2-3-5-15(13)20(17)22-19(16)11-14/h2*13-21,23H,3-12,22H2,1-2H3;2*2-12H,13H2,1H3;2-9,11H,10H2,1H3. The van der Waals surface area contributed by atoms with Crippen LogP contribution in [0.3, 0.4) is 0 Å². The lowest BCUT2D eigenvalue weighted by Crippen LogP contribution is -1.85. The van der Waals surface area contributed by atoms with E-state index >= 15 is 0 Å². The molecule has 0 saturated carbocycles. The molecule has 0 bridgehead atoms. The Hall–Kier alpha value is -11.9. The maximum Gasteiger partial charge on any atom is 0.139 e. The van der Waals surface area contributed by atoms with Gasteiger partial charge in [-0.05, 0) is 303 Å². The van der Waals surface area contributed by atoms with Gasteiger partial charge in [0.05, 0.1) is 0 Å². The van der Waals surface area contributed by atoms with Crippen molar-refractivity contribution < 1.29 is 8.83 Å². The average Bonchev–Trinajstić information content (AvgIpc) is 1.60. The van der Waals surface area contributed by atoms with Gasteiger partial charge in [-0.15, -0.1) is 90.7 Å². The predicted octanol–water partition coefficient (Wildman–Crippen LogP) is 42.8. The fourth-order valence-corrected chi connectivity index (χ4v) is 31.1. The van der Waals surface area contributed by atoms with E-state index in [2.05, 4.69) is 346 Å². The molecule has 0 atom stereocenters. The molecule has 0 saturated heterocycles. The largest absolute Gasteiger partial charge is 0.456 e. The number of unbranched alkanes of at least 4 members (excludes halogenated alkanes) is 12. The third-order valence-corrected chi connectivity index (χ3v) is 39.5. The van der Waals surface area contributed by atoms with E-state index in [1.165, 1.54) is 377 Å². The van der Waals surface area contributed by atoms with Gasteiger partial charge >= 0.3 is 0 Å². The van der Waals surface area contributed by atoms with Gasteiger partial charge in [0.1, 0.15) is 22.7 Å². The van der Waals surface area contributed by atoms with Gasteiger partial charge in [-0.2, -0.15) is 0 Å². The highest BCUT2D eigenvalue weighted by Crippen LogP contribution is 2.54. The number of hydrogen-bond acceptors (Lipinski definition) is 10. The van der Waals surface area contributed by atoms with E-state index in [4.69, 9.17) is 8.83 Å². The van der Waals surface area contributed by atoms with E-state index in [1.807, 2.05) is 103 Å². The van der Waals surface area contributed by atoms with Crippen molar-refractivity contribution in [2.24, 2.45) is 0 Å². The molecule has 10 heterocycles. The van der Waals surface area contributed by atoms with Gasteiger partial charge < -0.3 is 8.83 Å². The van der Waals surface area contributed by atoms with Crippen LogP contribution in [0.25, 0.3) is 181 Å². The van der Waals surface area contributed by atoms with Crippen LogP contribution in [0.1, 0.15) is 222 Å². The van der Waals surface area contributed by atoms with Gasteiger partial charge in [0.25, 0.3) is 0 Å². The van der Waals surface area contributed by atoms with Crippen molar-refractivity contribution in [1.82, 2.24) is 0 Å². The first-order valence-corrected chi connectivity index (χ1v) is 59.2. The Morgan fingerprint density at radius 1 is 0.215 bits per heavy atom. The monoisotopic (exact) mass is 2020 g/mol. The van der Waals surface area contributed by atoms with Crippen LogP contribution < -0.4 is 0 Å². The molecule has 10 heteroatoms. The lowest BCUT2D eigenvalue weighted by atomic mass is 9.99. The van der Waals surface area contributed by atoms with E-state index in [0.717, 1.165) is 54.8 Å². The normalized spacial score (nSPS) is 12.4. The number of thiophene rings is 8. The van der Waals surface area contributed by atoms with E-state index in [1.54, 1.807) is 0 Å². The van der Waals surface area contributed by atoms with Crippen molar-refractivity contribution in [2.75, 3.05) is 0 Å². The number of para-hydroxylation sites is 1. The van der Waals surface area contributed by atoms with Crippen molar-refractivity contribution in [2.45, 2.75) is 209 Å². The maximum absolute atomic E-state index is 6.52. The van der Waals surface area contributed by atoms with Crippen LogP contribution in [0, 0.1) is 20.8 Å². The van der Waals surface area contributed by atoms with Crippen molar-refractivity contribution in [1.29, 1.82) is 0 Å². The van der Waals surface area contributed by atoms with Crippen LogP contribution >= 0.6 is 90.7 Å². The molecule has 12 aromatic carbocycles. The molecular formula is C134H122O2S8. The van der Waals surface area contributed by atoms with Crippen LogP contribution in [-0.4, -0.2) is 0 Å². The van der Waals surface area contributed by atoms with Gasteiger partial charge in [-0.25, -0.2) is 0 Å². The van der Waals surface area contributed by atoms with Gasteiger partial charge in [0.2, 0.25) is 0 Å². The highest BCUT2D eigenvalue weighted by molar-refractivity contribution is 7.24. The Bertz CT molecular complexity index is 8000. The van der Waals surface area contributed by atoms with Crippen molar-refractivity contribution in [3.63, 3.8) is 0 Å². The van der Waals surface area contributed by atoms with Gasteiger partial charge in [0, 0.05) is 143 Å². The summed E-state index contributed by atoms with van der Waals surface area (Å²) < 4.78 is 16.9. The number of fused-ring (bicyclic) bond motifs is 25. The molecule has 0 spiro atoms. The summed E-state index contributed by atoms with van der Waals surface area (Å²) in [4.78, 5) is 18.8. The molecule has 27 rings (SSSR count). The molecule has 0 amide bonds. The Kier molecular flexibility index (Phi) is 28.6. The minimum Gasteiger partial charge on any atom is -0.456 e. The molecule has 5 aliphatic carbocycles.